The highest BCUT2D eigenvalue weighted by molar-refractivity contribution is 9.11. The van der Waals surface area contributed by atoms with Crippen molar-refractivity contribution in [2.45, 2.75) is 13.8 Å². The Hall–Kier alpha value is -1.93. The lowest BCUT2D eigenvalue weighted by Gasteiger charge is -2.12. The highest BCUT2D eigenvalue weighted by Crippen LogP contribution is 2.25. The van der Waals surface area contributed by atoms with Gasteiger partial charge in [-0.3, -0.25) is 5.32 Å². The third-order valence-corrected chi connectivity index (χ3v) is 4.04. The Balaban J connectivity index is 2.22. The molecule has 8 heteroatoms. The molecule has 0 aliphatic carbocycles. The van der Waals surface area contributed by atoms with Crippen LogP contribution in [-0.2, 0) is 0 Å². The van der Waals surface area contributed by atoms with Crippen LogP contribution in [0.15, 0.2) is 22.1 Å². The molecular formula is C13H12BrN3O3S. The summed E-state index contributed by atoms with van der Waals surface area (Å²) in [5.41, 5.74) is 1.84. The fraction of sp³-hybridized carbons (Fsp3) is 0.154. The molecule has 0 saturated carbocycles. The summed E-state index contributed by atoms with van der Waals surface area (Å²) in [5, 5.41) is 14.8. The molecule has 0 fully saturated rings. The lowest BCUT2D eigenvalue weighted by molar-refractivity contribution is 0.0698. The number of nitrogens with zero attached hydrogens (tertiary/aromatic N) is 1. The Bertz CT molecular complexity index is 715. The zero-order chi connectivity index (χ0) is 15.6. The average Bonchev–Trinajstić information content (AvgIpc) is 2.77. The van der Waals surface area contributed by atoms with E-state index in [1.54, 1.807) is 20.0 Å². The van der Waals surface area contributed by atoms with Crippen LogP contribution in [0.4, 0.5) is 15.6 Å². The van der Waals surface area contributed by atoms with E-state index in [1.165, 1.54) is 17.4 Å². The van der Waals surface area contributed by atoms with Crippen molar-refractivity contribution in [2.75, 3.05) is 10.6 Å². The number of carbonyl (C=O) groups is 2. The highest BCUT2D eigenvalue weighted by atomic mass is 79.9. The maximum atomic E-state index is 11.9. The molecule has 1 aromatic carbocycles. The molecule has 110 valence electrons. The normalized spacial score (nSPS) is 10.2. The van der Waals surface area contributed by atoms with Crippen molar-refractivity contribution in [3.63, 3.8) is 0 Å². The van der Waals surface area contributed by atoms with E-state index in [1.807, 2.05) is 6.07 Å². The van der Waals surface area contributed by atoms with Gasteiger partial charge in [0, 0.05) is 0 Å². The number of rotatable bonds is 3. The van der Waals surface area contributed by atoms with Gasteiger partial charge < -0.3 is 10.4 Å². The Morgan fingerprint density at radius 2 is 2.00 bits per heavy atom. The summed E-state index contributed by atoms with van der Waals surface area (Å²) in [4.78, 5) is 27.2. The standard InChI is InChI=1S/C13H12BrN3O3S/c1-6-3-7(2)10(8(4-6)11(18)19)16-12(20)17-13-15-5-9(14)21-13/h3-5H,1-2H3,(H,18,19)(H2,15,16,17,20). The molecule has 0 bridgehead atoms. The topological polar surface area (TPSA) is 91.3 Å². The van der Waals surface area contributed by atoms with E-state index in [2.05, 4.69) is 31.5 Å². The number of nitrogens with one attached hydrogen (secondary N) is 2. The molecule has 0 aliphatic heterocycles. The van der Waals surface area contributed by atoms with Crippen molar-refractivity contribution < 1.29 is 14.7 Å². The molecule has 0 radical (unpaired) electrons. The van der Waals surface area contributed by atoms with Gasteiger partial charge in [0.15, 0.2) is 5.13 Å². The van der Waals surface area contributed by atoms with Gasteiger partial charge in [0.1, 0.15) is 0 Å². The second kappa shape index (κ2) is 6.23. The first-order valence-corrected chi connectivity index (χ1v) is 7.51. The number of benzene rings is 1. The van der Waals surface area contributed by atoms with Gasteiger partial charge in [0.2, 0.25) is 0 Å². The lowest BCUT2D eigenvalue weighted by Crippen LogP contribution is -2.21. The second-order valence-corrected chi connectivity index (χ2v) is 6.77. The number of halogens is 1. The molecular weight excluding hydrogens is 358 g/mol. The van der Waals surface area contributed by atoms with Crippen LogP contribution in [0.1, 0.15) is 21.5 Å². The largest absolute Gasteiger partial charge is 0.478 e. The number of amides is 2. The van der Waals surface area contributed by atoms with E-state index in [4.69, 9.17) is 0 Å². The number of hydrogen-bond acceptors (Lipinski definition) is 4. The number of hydrogen-bond donors (Lipinski definition) is 3. The summed E-state index contributed by atoms with van der Waals surface area (Å²) in [6.07, 6.45) is 1.57. The van der Waals surface area contributed by atoms with E-state index in [9.17, 15) is 14.7 Å². The van der Waals surface area contributed by atoms with E-state index >= 15 is 0 Å². The first-order chi connectivity index (χ1) is 9.86. The smallest absolute Gasteiger partial charge is 0.337 e. The maximum Gasteiger partial charge on any atom is 0.337 e. The second-order valence-electron chi connectivity index (χ2n) is 4.36. The molecule has 1 aromatic heterocycles. The van der Waals surface area contributed by atoms with Crippen molar-refractivity contribution in [1.29, 1.82) is 0 Å². The molecule has 0 unspecified atom stereocenters. The molecule has 1 heterocycles. The summed E-state index contributed by atoms with van der Waals surface area (Å²) >= 11 is 4.51. The van der Waals surface area contributed by atoms with Crippen LogP contribution in [0.3, 0.4) is 0 Å². The zero-order valence-electron chi connectivity index (χ0n) is 11.2. The maximum absolute atomic E-state index is 11.9. The van der Waals surface area contributed by atoms with Crippen LogP contribution in [0.5, 0.6) is 0 Å². The molecule has 2 amide bonds. The number of aryl methyl sites for hydroxylation is 2. The van der Waals surface area contributed by atoms with Crippen LogP contribution in [0.25, 0.3) is 0 Å². The average molecular weight is 370 g/mol. The van der Waals surface area contributed by atoms with Crippen LogP contribution in [-0.4, -0.2) is 22.1 Å². The van der Waals surface area contributed by atoms with Crippen LogP contribution < -0.4 is 10.6 Å². The third kappa shape index (κ3) is 3.79. The van der Waals surface area contributed by atoms with Gasteiger partial charge in [0.05, 0.1) is 21.2 Å². The van der Waals surface area contributed by atoms with Crippen molar-refractivity contribution in [1.82, 2.24) is 4.98 Å². The van der Waals surface area contributed by atoms with Gasteiger partial charge >= 0.3 is 12.0 Å². The Labute approximate surface area is 133 Å². The fourth-order valence-corrected chi connectivity index (χ4v) is 2.96. The monoisotopic (exact) mass is 369 g/mol. The number of carboxylic acids is 1. The lowest BCUT2D eigenvalue weighted by atomic mass is 10.0. The number of anilines is 2. The number of carboxylic acid groups (broad SMARTS) is 1. The quantitative estimate of drug-likeness (QED) is 0.765. The van der Waals surface area contributed by atoms with Gasteiger partial charge in [-0.2, -0.15) is 0 Å². The van der Waals surface area contributed by atoms with Gasteiger partial charge in [-0.25, -0.2) is 14.6 Å². The third-order valence-electron chi connectivity index (χ3n) is 2.65. The predicted octanol–water partition coefficient (Wildman–Crippen LogP) is 3.86. The van der Waals surface area contributed by atoms with Crippen molar-refractivity contribution in [3.8, 4) is 0 Å². The van der Waals surface area contributed by atoms with Crippen LogP contribution in [0.2, 0.25) is 0 Å². The number of aromatic carboxylic acids is 1. The summed E-state index contributed by atoms with van der Waals surface area (Å²) in [6.45, 7) is 3.55. The first kappa shape index (κ1) is 15.5. The number of thiazole rings is 1. The van der Waals surface area contributed by atoms with Gasteiger partial charge in [-0.05, 0) is 47.0 Å². The fourth-order valence-electron chi connectivity index (χ4n) is 1.86. The molecule has 0 spiro atoms. The van der Waals surface area contributed by atoms with Crippen molar-refractivity contribution >= 4 is 50.1 Å². The number of carbonyl (C=O) groups excluding carboxylic acids is 1. The Kier molecular flexibility index (Phi) is 4.59. The predicted molar refractivity (Wildman–Crippen MR) is 85.3 cm³/mol. The Morgan fingerprint density at radius 1 is 1.29 bits per heavy atom. The highest BCUT2D eigenvalue weighted by Gasteiger charge is 2.16. The van der Waals surface area contributed by atoms with E-state index < -0.39 is 12.0 Å². The molecule has 2 aromatic rings. The van der Waals surface area contributed by atoms with Gasteiger partial charge in [0.25, 0.3) is 0 Å². The summed E-state index contributed by atoms with van der Waals surface area (Å²) in [7, 11) is 0. The van der Waals surface area contributed by atoms with Crippen LogP contribution >= 0.6 is 27.3 Å². The molecule has 0 saturated heterocycles. The van der Waals surface area contributed by atoms with Gasteiger partial charge in [-0.1, -0.05) is 17.4 Å². The van der Waals surface area contributed by atoms with Crippen molar-refractivity contribution in [3.05, 3.63) is 38.8 Å². The minimum absolute atomic E-state index is 0.0583. The summed E-state index contributed by atoms with van der Waals surface area (Å²) in [5.74, 6) is -1.09. The minimum Gasteiger partial charge on any atom is -0.478 e. The molecule has 0 aliphatic rings. The number of urea groups is 1. The molecule has 2 rings (SSSR count). The first-order valence-electron chi connectivity index (χ1n) is 5.90. The van der Waals surface area contributed by atoms with E-state index in [-0.39, 0.29) is 11.3 Å². The summed E-state index contributed by atoms with van der Waals surface area (Å²) < 4.78 is 0.788. The minimum atomic E-state index is -1.09. The molecule has 3 N–H and O–H groups in total. The van der Waals surface area contributed by atoms with Gasteiger partial charge in [-0.15, -0.1) is 0 Å². The van der Waals surface area contributed by atoms with Crippen LogP contribution in [0, 0.1) is 13.8 Å². The SMILES string of the molecule is Cc1cc(C)c(NC(=O)Nc2ncc(Br)s2)c(C(=O)O)c1. The molecule has 0 atom stereocenters. The van der Waals surface area contributed by atoms with E-state index in [0.29, 0.717) is 10.7 Å². The summed E-state index contributed by atoms with van der Waals surface area (Å²) in [6, 6.07) is 2.79. The molecule has 21 heavy (non-hydrogen) atoms. The van der Waals surface area contributed by atoms with Crippen molar-refractivity contribution in [2.24, 2.45) is 0 Å². The Morgan fingerprint density at radius 3 is 2.57 bits per heavy atom. The van der Waals surface area contributed by atoms with E-state index in [0.717, 1.165) is 9.35 Å². The number of aromatic nitrogens is 1. The zero-order valence-corrected chi connectivity index (χ0v) is 13.6. The molecule has 6 nitrogen and oxygen atoms in total.